The second-order valence-corrected chi connectivity index (χ2v) is 10.9. The number of alkyl halides is 3. The van der Waals surface area contributed by atoms with Crippen molar-refractivity contribution in [1.82, 2.24) is 24.7 Å². The summed E-state index contributed by atoms with van der Waals surface area (Å²) in [5.74, 6) is 4.42. The fourth-order valence-electron chi connectivity index (χ4n) is 5.10. The molecule has 1 aliphatic heterocycles. The minimum absolute atomic E-state index is 0.0199. The Labute approximate surface area is 247 Å². The highest BCUT2D eigenvalue weighted by Gasteiger charge is 2.30. The highest BCUT2D eigenvalue weighted by atomic mass is 19.4. The summed E-state index contributed by atoms with van der Waals surface area (Å²) in [5.41, 5.74) is 0.905. The van der Waals surface area contributed by atoms with Crippen LogP contribution in [0.15, 0.2) is 30.6 Å². The van der Waals surface area contributed by atoms with Crippen molar-refractivity contribution in [3.05, 3.63) is 53.1 Å². The summed E-state index contributed by atoms with van der Waals surface area (Å²) in [4.78, 5) is 33.3. The molecule has 0 saturated carbocycles. The Morgan fingerprint density at radius 1 is 1.19 bits per heavy atom. The van der Waals surface area contributed by atoms with Crippen LogP contribution in [0.2, 0.25) is 0 Å². The van der Waals surface area contributed by atoms with E-state index < -0.39 is 30.4 Å². The first kappa shape index (κ1) is 31.6. The molecule has 0 radical (unpaired) electrons. The number of fused-ring (bicyclic) bond motifs is 1. The van der Waals surface area contributed by atoms with Gasteiger partial charge in [0.05, 0.1) is 42.3 Å². The molecule has 0 aliphatic carbocycles. The monoisotopic (exact) mass is 602 g/mol. The Morgan fingerprint density at radius 3 is 2.58 bits per heavy atom. The van der Waals surface area contributed by atoms with E-state index in [1.807, 2.05) is 14.0 Å². The Morgan fingerprint density at radius 2 is 1.93 bits per heavy atom. The van der Waals surface area contributed by atoms with Crippen LogP contribution in [0.5, 0.6) is 5.75 Å². The molecule has 1 fully saturated rings. The van der Waals surface area contributed by atoms with Gasteiger partial charge in [0.25, 0.3) is 11.8 Å². The van der Waals surface area contributed by atoms with Crippen LogP contribution in [0.25, 0.3) is 11.0 Å². The molecule has 13 heteroatoms. The summed E-state index contributed by atoms with van der Waals surface area (Å²) in [5, 5.41) is 6.02. The lowest BCUT2D eigenvalue weighted by Gasteiger charge is -2.35. The Bertz CT molecular complexity index is 1570. The Kier molecular flexibility index (Phi) is 9.49. The molecule has 1 aliphatic rings. The molecule has 1 saturated heterocycles. The van der Waals surface area contributed by atoms with E-state index in [9.17, 15) is 27.2 Å². The average molecular weight is 603 g/mol. The number of nitrogens with zero attached hydrogens (tertiary/aromatic N) is 4. The molecule has 230 valence electrons. The number of amides is 2. The van der Waals surface area contributed by atoms with Gasteiger partial charge < -0.3 is 29.7 Å². The molecule has 0 bridgehead atoms. The van der Waals surface area contributed by atoms with Crippen LogP contribution in [0.3, 0.4) is 0 Å². The van der Waals surface area contributed by atoms with Crippen molar-refractivity contribution in [2.45, 2.75) is 32.1 Å². The van der Waals surface area contributed by atoms with E-state index in [0.29, 0.717) is 11.3 Å². The third kappa shape index (κ3) is 7.56. The van der Waals surface area contributed by atoms with E-state index in [0.717, 1.165) is 36.5 Å². The second-order valence-electron chi connectivity index (χ2n) is 10.9. The smallest absolute Gasteiger partial charge is 0.406 e. The number of halogens is 4. The van der Waals surface area contributed by atoms with Crippen molar-refractivity contribution in [3.8, 4) is 17.6 Å². The van der Waals surface area contributed by atoms with Gasteiger partial charge in [-0.15, -0.1) is 0 Å². The average Bonchev–Trinajstić information content (AvgIpc) is 3.32. The molecule has 3 aromatic rings. The van der Waals surface area contributed by atoms with Gasteiger partial charge in [-0.3, -0.25) is 9.59 Å². The van der Waals surface area contributed by atoms with Crippen LogP contribution in [-0.4, -0.2) is 91.3 Å². The molecule has 43 heavy (non-hydrogen) atoms. The molecule has 0 unspecified atom stereocenters. The lowest BCUT2D eigenvalue weighted by atomic mass is 9.93. The number of hydrogen-bond donors (Lipinski definition) is 2. The van der Waals surface area contributed by atoms with Gasteiger partial charge in [-0.1, -0.05) is 18.8 Å². The summed E-state index contributed by atoms with van der Waals surface area (Å²) in [6, 6.07) is 5.30. The molecule has 2 amide bonds. The first-order valence-electron chi connectivity index (χ1n) is 13.6. The maximum Gasteiger partial charge on any atom is 0.406 e. The van der Waals surface area contributed by atoms with E-state index in [1.165, 1.54) is 44.3 Å². The Balaban J connectivity index is 1.63. The van der Waals surface area contributed by atoms with Gasteiger partial charge in [0.1, 0.15) is 23.6 Å². The topological polar surface area (TPSA) is 91.7 Å². The van der Waals surface area contributed by atoms with Crippen LogP contribution in [0, 0.1) is 23.6 Å². The lowest BCUT2D eigenvalue weighted by Crippen LogP contribution is -2.48. The summed E-state index contributed by atoms with van der Waals surface area (Å²) in [7, 11) is 6.38. The minimum atomic E-state index is -4.49. The van der Waals surface area contributed by atoms with Crippen molar-refractivity contribution in [3.63, 3.8) is 0 Å². The predicted molar refractivity (Wildman–Crippen MR) is 155 cm³/mol. The zero-order chi connectivity index (χ0) is 31.5. The lowest BCUT2D eigenvalue weighted by molar-refractivity contribution is -0.139. The summed E-state index contributed by atoms with van der Waals surface area (Å²) in [6.45, 7) is 2.41. The third-order valence-electron chi connectivity index (χ3n) is 7.27. The summed E-state index contributed by atoms with van der Waals surface area (Å²) < 4.78 is 60.5. The molecule has 0 spiro atoms. The number of hydrogen-bond acceptors (Lipinski definition) is 6. The zero-order valence-corrected chi connectivity index (χ0v) is 24.6. The number of carbonyl (C=O) groups excluding carboxylic acids is 2. The summed E-state index contributed by atoms with van der Waals surface area (Å²) in [6.07, 6.45) is -2.68. The minimum Gasteiger partial charge on any atom is -0.494 e. The second kappa shape index (κ2) is 12.9. The molecule has 2 atom stereocenters. The van der Waals surface area contributed by atoms with E-state index >= 15 is 0 Å². The first-order chi connectivity index (χ1) is 20.3. The molecule has 4 rings (SSSR count). The number of nitrogens with one attached hydrogen (secondary N) is 2. The van der Waals surface area contributed by atoms with Gasteiger partial charge in [0.2, 0.25) is 0 Å². The molecule has 1 aromatic heterocycles. The van der Waals surface area contributed by atoms with Crippen LogP contribution in [0.1, 0.15) is 39.6 Å². The fraction of sp³-hybridized carbons (Fsp3) is 0.433. The predicted octanol–water partition coefficient (Wildman–Crippen LogP) is 3.98. The molecular weight excluding hydrogens is 568 g/mol. The fourth-order valence-corrected chi connectivity index (χ4v) is 5.10. The number of benzene rings is 2. The van der Waals surface area contributed by atoms with Crippen molar-refractivity contribution in [1.29, 1.82) is 0 Å². The van der Waals surface area contributed by atoms with E-state index in [2.05, 4.69) is 32.4 Å². The van der Waals surface area contributed by atoms with Gasteiger partial charge in [0, 0.05) is 38.3 Å². The SMILES string of the molecule is COc1cc(F)c(C(=O)N(C)C)cc1NCC#Cc1cc(C(=O)N[C@H]2CCN(C)C[C@@H]2C)c2ncn(CC(F)(F)F)c2c1. The van der Waals surface area contributed by atoms with Gasteiger partial charge in [-0.05, 0) is 44.1 Å². The highest BCUT2D eigenvalue weighted by Crippen LogP contribution is 2.29. The number of imidazole rings is 1. The molecule has 2 N–H and O–H groups in total. The van der Waals surface area contributed by atoms with Crippen LogP contribution < -0.4 is 15.4 Å². The van der Waals surface area contributed by atoms with Crippen molar-refractivity contribution < 1.29 is 31.9 Å². The highest BCUT2D eigenvalue weighted by molar-refractivity contribution is 6.05. The van der Waals surface area contributed by atoms with E-state index in [-0.39, 0.29) is 46.4 Å². The first-order valence-corrected chi connectivity index (χ1v) is 13.6. The van der Waals surface area contributed by atoms with Gasteiger partial charge in [0.15, 0.2) is 0 Å². The van der Waals surface area contributed by atoms with E-state index in [1.54, 1.807) is 0 Å². The maximum atomic E-state index is 14.5. The third-order valence-corrected chi connectivity index (χ3v) is 7.27. The number of carbonyl (C=O) groups is 2. The van der Waals surface area contributed by atoms with Gasteiger partial charge in [-0.25, -0.2) is 9.37 Å². The number of piperidine rings is 1. The van der Waals surface area contributed by atoms with Crippen molar-refractivity contribution in [2.24, 2.45) is 5.92 Å². The standard InChI is InChI=1S/C30H34F4N6O3/c1-18-15-39(4)10-8-23(18)37-28(41)21-11-19(12-25-27(21)36-17-40(25)16-30(32,33)34)7-6-9-35-24-13-20(29(42)38(2)3)22(31)14-26(24)43-5/h11-14,17-18,23,35H,8-10,15-16H2,1-5H3,(H,37,41)/t18-,23-/m0/s1. The molecular formula is C30H34F4N6O3. The number of rotatable bonds is 7. The van der Waals surface area contributed by atoms with Crippen LogP contribution >= 0.6 is 0 Å². The number of anilines is 1. The molecule has 9 nitrogen and oxygen atoms in total. The normalized spacial score (nSPS) is 17.2. The van der Waals surface area contributed by atoms with Crippen LogP contribution in [0.4, 0.5) is 23.2 Å². The molecule has 2 aromatic carbocycles. The number of ether oxygens (including phenoxy) is 1. The number of likely N-dealkylation sites (tertiary alicyclic amines) is 1. The summed E-state index contributed by atoms with van der Waals surface area (Å²) >= 11 is 0. The van der Waals surface area contributed by atoms with Crippen molar-refractivity contribution >= 4 is 28.5 Å². The Hall–Kier alpha value is -4.31. The quantitative estimate of drug-likeness (QED) is 0.314. The zero-order valence-electron chi connectivity index (χ0n) is 24.6. The maximum absolute atomic E-state index is 14.5. The largest absolute Gasteiger partial charge is 0.494 e. The van der Waals surface area contributed by atoms with Crippen molar-refractivity contribution in [2.75, 3.05) is 53.2 Å². The number of methoxy groups -OCH3 is 1. The number of aromatic nitrogens is 2. The van der Waals surface area contributed by atoms with Crippen LogP contribution in [-0.2, 0) is 6.54 Å². The molecule has 2 heterocycles. The van der Waals surface area contributed by atoms with E-state index in [4.69, 9.17) is 4.74 Å². The van der Waals surface area contributed by atoms with Gasteiger partial charge >= 0.3 is 6.18 Å². The van der Waals surface area contributed by atoms with Gasteiger partial charge in [-0.2, -0.15) is 13.2 Å².